The first-order valence-corrected chi connectivity index (χ1v) is 12.8. The third-order valence-electron chi connectivity index (χ3n) is 10.5. The number of rotatable bonds is 6. The molecule has 0 radical (unpaired) electrons. The van der Waals surface area contributed by atoms with Gasteiger partial charge in [0.05, 0.1) is 11.7 Å². The minimum Gasteiger partial charge on any atom is -0.393 e. The molecule has 0 bridgehead atoms. The largest absolute Gasteiger partial charge is 0.393 e. The van der Waals surface area contributed by atoms with Crippen LogP contribution in [0.2, 0.25) is 0 Å². The highest BCUT2D eigenvalue weighted by molar-refractivity contribution is 5.06. The lowest BCUT2D eigenvalue weighted by molar-refractivity contribution is -0.107. The third kappa shape index (κ3) is 3.70. The minimum absolute atomic E-state index is 0.0795. The van der Waals surface area contributed by atoms with Gasteiger partial charge < -0.3 is 10.2 Å². The van der Waals surface area contributed by atoms with Crippen molar-refractivity contribution < 1.29 is 10.2 Å². The molecule has 2 N–H and O–H groups in total. The van der Waals surface area contributed by atoms with E-state index in [1.54, 1.807) is 0 Å². The number of aliphatic hydroxyl groups excluding tert-OH is 1. The van der Waals surface area contributed by atoms with Gasteiger partial charge in [0.25, 0.3) is 0 Å². The first kappa shape index (κ1) is 21.2. The Kier molecular flexibility index (Phi) is 6.21. The second kappa shape index (κ2) is 8.22. The maximum absolute atomic E-state index is 10.9. The van der Waals surface area contributed by atoms with E-state index >= 15 is 0 Å². The van der Waals surface area contributed by atoms with Crippen LogP contribution in [0.1, 0.15) is 111 Å². The summed E-state index contributed by atoms with van der Waals surface area (Å²) in [5.41, 5.74) is 0.225. The van der Waals surface area contributed by atoms with Crippen molar-refractivity contribution >= 4 is 0 Å². The van der Waals surface area contributed by atoms with Gasteiger partial charge in [0, 0.05) is 0 Å². The monoisotopic (exact) mass is 390 g/mol. The van der Waals surface area contributed by atoms with E-state index in [1.165, 1.54) is 57.8 Å². The van der Waals surface area contributed by atoms with Crippen LogP contribution in [-0.4, -0.2) is 21.9 Å². The fraction of sp³-hybridized carbons (Fsp3) is 1.00. The van der Waals surface area contributed by atoms with Crippen LogP contribution in [0.5, 0.6) is 0 Å². The number of fused-ring (bicyclic) bond motifs is 5. The molecule has 0 aromatic heterocycles. The van der Waals surface area contributed by atoms with Crippen molar-refractivity contribution in [2.75, 3.05) is 0 Å². The second-order valence-electron chi connectivity index (χ2n) is 11.6. The molecule has 0 unspecified atom stereocenters. The minimum atomic E-state index is -0.349. The van der Waals surface area contributed by atoms with Gasteiger partial charge in [-0.2, -0.15) is 0 Å². The Morgan fingerprint density at radius 3 is 2.46 bits per heavy atom. The zero-order valence-electron chi connectivity index (χ0n) is 18.8. The van der Waals surface area contributed by atoms with Gasteiger partial charge >= 0.3 is 0 Å². The summed E-state index contributed by atoms with van der Waals surface area (Å²) in [6.45, 7) is 6.92. The van der Waals surface area contributed by atoms with E-state index in [1.807, 2.05) is 0 Å². The van der Waals surface area contributed by atoms with E-state index in [0.717, 1.165) is 67.6 Å². The van der Waals surface area contributed by atoms with Crippen molar-refractivity contribution in [1.82, 2.24) is 0 Å². The first-order chi connectivity index (χ1) is 13.4. The van der Waals surface area contributed by atoms with Crippen LogP contribution in [0.15, 0.2) is 0 Å². The molecular weight excluding hydrogens is 344 g/mol. The summed E-state index contributed by atoms with van der Waals surface area (Å²) in [4.78, 5) is 0. The second-order valence-corrected chi connectivity index (χ2v) is 11.6. The molecule has 0 heterocycles. The van der Waals surface area contributed by atoms with Crippen LogP contribution in [-0.2, 0) is 0 Å². The Labute approximate surface area is 173 Å². The maximum Gasteiger partial charge on any atom is 0.0648 e. The van der Waals surface area contributed by atoms with E-state index in [2.05, 4.69) is 20.8 Å². The van der Waals surface area contributed by atoms with Gasteiger partial charge in [-0.25, -0.2) is 0 Å². The average Bonchev–Trinajstić information content (AvgIpc) is 3.04. The molecule has 4 saturated carbocycles. The summed E-state index contributed by atoms with van der Waals surface area (Å²) >= 11 is 0. The molecule has 4 rings (SSSR count). The lowest BCUT2D eigenvalue weighted by atomic mass is 9.48. The molecular formula is C26H46O2. The fourth-order valence-corrected chi connectivity index (χ4v) is 8.67. The summed E-state index contributed by atoms with van der Waals surface area (Å²) in [7, 11) is 0. The van der Waals surface area contributed by atoms with E-state index < -0.39 is 0 Å². The van der Waals surface area contributed by atoms with Gasteiger partial charge in [0.15, 0.2) is 0 Å². The van der Waals surface area contributed by atoms with Gasteiger partial charge in [-0.3, -0.25) is 0 Å². The predicted octanol–water partition coefficient (Wildman–Crippen LogP) is 6.34. The van der Waals surface area contributed by atoms with E-state index in [0.29, 0.717) is 5.41 Å². The maximum atomic E-state index is 10.9. The first-order valence-electron chi connectivity index (χ1n) is 12.8. The fourth-order valence-electron chi connectivity index (χ4n) is 8.67. The Hall–Kier alpha value is -0.0800. The topological polar surface area (TPSA) is 40.5 Å². The number of hydrogen-bond acceptors (Lipinski definition) is 2. The van der Waals surface area contributed by atoms with Crippen LogP contribution >= 0.6 is 0 Å². The highest BCUT2D eigenvalue weighted by atomic mass is 16.3. The Balaban J connectivity index is 1.40. The molecule has 2 heteroatoms. The van der Waals surface area contributed by atoms with Gasteiger partial charge in [-0.05, 0) is 124 Å². The highest BCUT2D eigenvalue weighted by Gasteiger charge is 2.57. The van der Waals surface area contributed by atoms with Crippen molar-refractivity contribution in [2.24, 2.45) is 40.9 Å². The Morgan fingerprint density at radius 2 is 1.71 bits per heavy atom. The van der Waals surface area contributed by atoms with Gasteiger partial charge in [0.1, 0.15) is 0 Å². The molecule has 0 spiro atoms. The molecule has 0 aromatic carbocycles. The quantitative estimate of drug-likeness (QED) is 0.556. The molecule has 0 saturated heterocycles. The van der Waals surface area contributed by atoms with Crippen LogP contribution in [0.4, 0.5) is 0 Å². The molecule has 9 atom stereocenters. The number of aliphatic hydroxyl groups is 2. The lowest BCUT2D eigenvalue weighted by Crippen LogP contribution is -2.50. The average molecular weight is 391 g/mol. The van der Waals surface area contributed by atoms with Crippen molar-refractivity contribution in [3.8, 4) is 0 Å². The van der Waals surface area contributed by atoms with Crippen LogP contribution < -0.4 is 0 Å². The van der Waals surface area contributed by atoms with Gasteiger partial charge in [0.2, 0.25) is 0 Å². The number of hydrogen-bond donors (Lipinski definition) is 2. The normalized spacial score (nSPS) is 49.2. The summed E-state index contributed by atoms with van der Waals surface area (Å²) in [5, 5.41) is 20.8. The molecule has 0 aliphatic heterocycles. The van der Waals surface area contributed by atoms with Crippen LogP contribution in [0.3, 0.4) is 0 Å². The molecule has 2 nitrogen and oxygen atoms in total. The zero-order valence-corrected chi connectivity index (χ0v) is 18.8. The summed E-state index contributed by atoms with van der Waals surface area (Å²) in [6.07, 6.45) is 17.4. The van der Waals surface area contributed by atoms with Gasteiger partial charge in [-0.1, -0.05) is 27.2 Å². The van der Waals surface area contributed by atoms with Crippen molar-refractivity contribution in [3.63, 3.8) is 0 Å². The van der Waals surface area contributed by atoms with Crippen molar-refractivity contribution in [1.29, 1.82) is 0 Å². The van der Waals surface area contributed by atoms with Crippen molar-refractivity contribution in [2.45, 2.75) is 122 Å². The lowest BCUT2D eigenvalue weighted by Gasteiger charge is -2.57. The molecule has 0 aromatic rings. The SMILES string of the molecule is CC[C@@H](O)CCC[C@H]1CC[C@H]2[C@@H]3CC[C@H]4C[C@](O)(CC)CC[C@@H]4[C@H]3CC[C@]12C. The standard InChI is InChI=1S/C26H46O2/c1-4-20(27)8-6-7-19-10-12-24-23-11-9-18-17-26(28,5-2)16-14-21(18)22(23)13-15-25(19,24)3/h18-24,27-28H,4-17H2,1-3H3/t18-,19-,20+,21-,22+,23+,24-,25+,26-/m0/s1. The van der Waals surface area contributed by atoms with Crippen LogP contribution in [0, 0.1) is 40.9 Å². The summed E-state index contributed by atoms with van der Waals surface area (Å²) in [6, 6.07) is 0. The van der Waals surface area contributed by atoms with Crippen molar-refractivity contribution in [3.05, 3.63) is 0 Å². The van der Waals surface area contributed by atoms with Gasteiger partial charge in [-0.15, -0.1) is 0 Å². The summed E-state index contributed by atoms with van der Waals surface area (Å²) < 4.78 is 0. The zero-order chi connectivity index (χ0) is 19.9. The molecule has 162 valence electrons. The molecule has 28 heavy (non-hydrogen) atoms. The summed E-state index contributed by atoms with van der Waals surface area (Å²) in [5.74, 6) is 5.50. The molecule has 4 aliphatic rings. The molecule has 0 amide bonds. The third-order valence-corrected chi connectivity index (χ3v) is 10.5. The van der Waals surface area contributed by atoms with Crippen LogP contribution in [0.25, 0.3) is 0 Å². The smallest absolute Gasteiger partial charge is 0.0648 e. The Bertz CT molecular complexity index is 533. The molecule has 4 aliphatic carbocycles. The predicted molar refractivity (Wildman–Crippen MR) is 116 cm³/mol. The van der Waals surface area contributed by atoms with E-state index in [-0.39, 0.29) is 11.7 Å². The highest BCUT2D eigenvalue weighted by Crippen LogP contribution is 2.65. The van der Waals surface area contributed by atoms with E-state index in [9.17, 15) is 10.2 Å². The molecule has 4 fully saturated rings. The Morgan fingerprint density at radius 1 is 0.929 bits per heavy atom. The van der Waals surface area contributed by atoms with E-state index in [4.69, 9.17) is 0 Å².